The third-order valence-electron chi connectivity index (χ3n) is 11.1. The van der Waals surface area contributed by atoms with Crippen molar-refractivity contribution >= 4 is 23.5 Å². The Bertz CT molecular complexity index is 2290. The molecule has 0 bridgehead atoms. The van der Waals surface area contributed by atoms with Gasteiger partial charge in [0.05, 0.1) is 5.69 Å². The van der Waals surface area contributed by atoms with Crippen molar-refractivity contribution in [2.45, 2.75) is 94.4 Å². The van der Waals surface area contributed by atoms with Gasteiger partial charge in [-0.25, -0.2) is 0 Å². The number of benzene rings is 4. The second-order valence-electron chi connectivity index (χ2n) is 15.9. The molecule has 0 unspecified atom stereocenters. The molecule has 0 fully saturated rings. The average molecular weight is 794 g/mol. The summed E-state index contributed by atoms with van der Waals surface area (Å²) in [6.45, 7) is 44.2. The molecular formula is C59H71N. The molecule has 0 N–H and O–H groups in total. The number of hydrogen-bond acceptors (Lipinski definition) is 1. The maximum absolute atomic E-state index is 4.21. The van der Waals surface area contributed by atoms with E-state index in [4.69, 9.17) is 0 Å². The summed E-state index contributed by atoms with van der Waals surface area (Å²) >= 11 is 0. The summed E-state index contributed by atoms with van der Waals surface area (Å²) in [4.78, 5) is 2.23. The fourth-order valence-corrected chi connectivity index (χ4v) is 8.28. The Kier molecular flexibility index (Phi) is 18.6. The van der Waals surface area contributed by atoms with Gasteiger partial charge < -0.3 is 4.90 Å². The minimum Gasteiger partial charge on any atom is -0.310 e. The number of anilines is 2. The first-order chi connectivity index (χ1) is 28.8. The van der Waals surface area contributed by atoms with Crippen LogP contribution in [0.3, 0.4) is 0 Å². The number of hydrogen-bond donors (Lipinski definition) is 0. The Balaban J connectivity index is 0.000000296. The van der Waals surface area contributed by atoms with Crippen LogP contribution in [0.1, 0.15) is 109 Å². The molecule has 0 heterocycles. The molecule has 2 aliphatic carbocycles. The van der Waals surface area contributed by atoms with Crippen LogP contribution in [0, 0.1) is 19.8 Å². The molecule has 4 aromatic carbocycles. The van der Waals surface area contributed by atoms with Crippen molar-refractivity contribution in [1.29, 1.82) is 0 Å². The summed E-state index contributed by atoms with van der Waals surface area (Å²) in [6.07, 6.45) is 20.6. The summed E-state index contributed by atoms with van der Waals surface area (Å²) in [5, 5.41) is 0. The monoisotopic (exact) mass is 794 g/mol. The molecule has 4 aromatic rings. The number of rotatable bonds is 11. The van der Waals surface area contributed by atoms with Gasteiger partial charge in [-0.2, -0.15) is 0 Å². The molecule has 1 heteroatoms. The highest BCUT2D eigenvalue weighted by Crippen LogP contribution is 2.54. The van der Waals surface area contributed by atoms with Gasteiger partial charge in [0.25, 0.3) is 0 Å². The minimum absolute atomic E-state index is 0.137. The summed E-state index contributed by atoms with van der Waals surface area (Å²) in [7, 11) is 0. The highest BCUT2D eigenvalue weighted by Gasteiger charge is 2.38. The predicted molar refractivity (Wildman–Crippen MR) is 271 cm³/mol. The summed E-state index contributed by atoms with van der Waals surface area (Å²) in [5.41, 5.74) is 20.0. The number of aryl methyl sites for hydroxylation is 2. The van der Waals surface area contributed by atoms with Gasteiger partial charge in [-0.3, -0.25) is 0 Å². The van der Waals surface area contributed by atoms with Crippen LogP contribution in [0.25, 0.3) is 23.3 Å². The van der Waals surface area contributed by atoms with Crippen LogP contribution in [-0.4, -0.2) is 0 Å². The van der Waals surface area contributed by atoms with Crippen LogP contribution in [0.4, 0.5) is 11.4 Å². The minimum atomic E-state index is -0.137. The first-order valence-electron chi connectivity index (χ1n) is 21.6. The zero-order chi connectivity index (χ0) is 44.6. The molecule has 0 atom stereocenters. The van der Waals surface area contributed by atoms with Gasteiger partial charge in [-0.15, -0.1) is 0 Å². The lowest BCUT2D eigenvalue weighted by molar-refractivity contribution is 0.659. The van der Waals surface area contributed by atoms with E-state index in [1.54, 1.807) is 6.08 Å². The topological polar surface area (TPSA) is 3.24 Å². The number of para-hydroxylation sites is 1. The maximum atomic E-state index is 4.21. The van der Waals surface area contributed by atoms with Gasteiger partial charge >= 0.3 is 0 Å². The lowest BCUT2D eigenvalue weighted by Gasteiger charge is -2.31. The molecule has 60 heavy (non-hydrogen) atoms. The molecule has 0 aliphatic heterocycles. The van der Waals surface area contributed by atoms with Gasteiger partial charge in [0.15, 0.2) is 0 Å². The van der Waals surface area contributed by atoms with E-state index < -0.39 is 0 Å². The van der Waals surface area contributed by atoms with Crippen molar-refractivity contribution in [3.05, 3.63) is 227 Å². The molecule has 0 radical (unpaired) electrons. The molecule has 0 spiro atoms. The van der Waals surface area contributed by atoms with Crippen molar-refractivity contribution in [1.82, 2.24) is 0 Å². The number of nitrogens with zero attached hydrogens (tertiary/aromatic N) is 1. The van der Waals surface area contributed by atoms with Gasteiger partial charge in [0, 0.05) is 22.4 Å². The Morgan fingerprint density at radius 1 is 0.750 bits per heavy atom. The number of fused-ring (bicyclic) bond motifs is 3. The van der Waals surface area contributed by atoms with Crippen molar-refractivity contribution < 1.29 is 0 Å². The largest absolute Gasteiger partial charge is 0.310 e. The zero-order valence-corrected chi connectivity index (χ0v) is 38.8. The SMILES string of the molecule is C=C/C(C)=C(\C=C/C)C1=C(C(C)C)C(C)=CCC1.C=C/C=C(\C=C)N(c1ccccc1)c1cc2c(c(C=C)c1C=C)-c1ccc(C)cc1C2(C)C.CC.Cc1ccccc1. The van der Waals surface area contributed by atoms with Crippen molar-refractivity contribution in [2.24, 2.45) is 5.92 Å². The second kappa shape index (κ2) is 23.0. The first kappa shape index (κ1) is 48.4. The quantitative estimate of drug-likeness (QED) is 0.137. The van der Waals surface area contributed by atoms with Crippen LogP contribution in [0.2, 0.25) is 0 Å². The molecule has 0 saturated carbocycles. The molecule has 0 aromatic heterocycles. The Hall–Kier alpha value is -5.92. The summed E-state index contributed by atoms with van der Waals surface area (Å²) in [6, 6.07) is 29.7. The van der Waals surface area contributed by atoms with E-state index in [0.717, 1.165) is 41.0 Å². The molecule has 6 rings (SSSR count). The molecule has 0 amide bonds. The van der Waals surface area contributed by atoms with E-state index in [1.165, 1.54) is 61.2 Å². The van der Waals surface area contributed by atoms with E-state index in [0.29, 0.717) is 5.92 Å². The van der Waals surface area contributed by atoms with Crippen LogP contribution in [0.15, 0.2) is 194 Å². The third-order valence-corrected chi connectivity index (χ3v) is 11.1. The normalized spacial score (nSPS) is 14.1. The molecule has 0 saturated heterocycles. The average Bonchev–Trinajstić information content (AvgIpc) is 3.47. The van der Waals surface area contributed by atoms with Crippen LogP contribution >= 0.6 is 0 Å². The van der Waals surface area contributed by atoms with Crippen molar-refractivity contribution in [3.8, 4) is 11.1 Å². The molecule has 2 aliphatic rings. The van der Waals surface area contributed by atoms with E-state index in [9.17, 15) is 0 Å². The highest BCUT2D eigenvalue weighted by molar-refractivity contribution is 5.95. The van der Waals surface area contributed by atoms with Crippen LogP contribution < -0.4 is 4.90 Å². The summed E-state index contributed by atoms with van der Waals surface area (Å²) < 4.78 is 0. The van der Waals surface area contributed by atoms with Gasteiger partial charge in [0.1, 0.15) is 0 Å². The van der Waals surface area contributed by atoms with E-state index >= 15 is 0 Å². The lowest BCUT2D eigenvalue weighted by atomic mass is 9.80. The van der Waals surface area contributed by atoms with Gasteiger partial charge in [-0.1, -0.05) is 200 Å². The fourth-order valence-electron chi connectivity index (χ4n) is 8.28. The number of allylic oxidation sites excluding steroid dienone is 12. The predicted octanol–water partition coefficient (Wildman–Crippen LogP) is 17.8. The van der Waals surface area contributed by atoms with E-state index in [-0.39, 0.29) is 5.41 Å². The van der Waals surface area contributed by atoms with Gasteiger partial charge in [0.2, 0.25) is 0 Å². The second-order valence-corrected chi connectivity index (χ2v) is 15.9. The van der Waals surface area contributed by atoms with Crippen molar-refractivity contribution in [3.63, 3.8) is 0 Å². The lowest BCUT2D eigenvalue weighted by Crippen LogP contribution is -2.20. The van der Waals surface area contributed by atoms with Crippen LogP contribution in [-0.2, 0) is 5.41 Å². The molecule has 312 valence electrons. The smallest absolute Gasteiger partial charge is 0.0543 e. The molecular weight excluding hydrogens is 723 g/mol. The van der Waals surface area contributed by atoms with Crippen LogP contribution in [0.5, 0.6) is 0 Å². The van der Waals surface area contributed by atoms with Gasteiger partial charge in [-0.05, 0) is 134 Å². The molecule has 1 nitrogen and oxygen atoms in total. The maximum Gasteiger partial charge on any atom is 0.0543 e. The summed E-state index contributed by atoms with van der Waals surface area (Å²) in [5.74, 6) is 0.578. The van der Waals surface area contributed by atoms with Crippen molar-refractivity contribution in [2.75, 3.05) is 4.90 Å². The fraction of sp³-hybridized carbons (Fsp3) is 0.254. The highest BCUT2D eigenvalue weighted by atomic mass is 15.1. The zero-order valence-electron chi connectivity index (χ0n) is 38.8. The first-order valence-corrected chi connectivity index (χ1v) is 21.6. The van der Waals surface area contributed by atoms with E-state index in [2.05, 4.69) is 179 Å². The Morgan fingerprint density at radius 2 is 1.37 bits per heavy atom. The Morgan fingerprint density at radius 3 is 1.87 bits per heavy atom. The third kappa shape index (κ3) is 11.0. The van der Waals surface area contributed by atoms with E-state index in [1.807, 2.05) is 68.5 Å². The standard InChI is InChI=1S/C32H31N.C18H26.C7H8.C2H6/c1-8-15-23(9-2)33(24-16-13-12-14-17-24)30-21-29-31(26(11-4)25(30)10-3)27-19-18-22(5)20-28(27)32(29,6)7;1-7-10-16(14(5)8-2)17-12-9-11-15(6)18(17)13(3)4;1-7-5-3-2-4-6-7;1-2/h8-21H,1-4H2,5-7H3;7-8,10-11,13H,2,9,12H2,1,3-6H3;2-6H,1H3;1-2H3/b23-15+;10-7-,16-14+;;. The Labute approximate surface area is 365 Å².